The number of aliphatic carboxylic acids is 1. The monoisotopic (exact) mass is 294 g/mol. The van der Waals surface area contributed by atoms with Crippen molar-refractivity contribution in [2.75, 3.05) is 11.6 Å². The van der Waals surface area contributed by atoms with E-state index in [0.717, 1.165) is 15.6 Å². The fourth-order valence-corrected chi connectivity index (χ4v) is 5.81. The van der Waals surface area contributed by atoms with Crippen LogP contribution < -0.4 is 0 Å². The van der Waals surface area contributed by atoms with Crippen molar-refractivity contribution >= 4 is 39.1 Å². The molecule has 0 aromatic carbocycles. The highest BCUT2D eigenvalue weighted by molar-refractivity contribution is 8.01. The maximum atomic E-state index is 12.2. The van der Waals surface area contributed by atoms with Crippen molar-refractivity contribution in [1.82, 2.24) is 9.29 Å². The zero-order valence-corrected chi connectivity index (χ0v) is 11.3. The van der Waals surface area contributed by atoms with E-state index in [0.29, 0.717) is 5.01 Å². The molecule has 1 fully saturated rings. The molecule has 94 valence electrons. The number of aromatic nitrogens is 1. The van der Waals surface area contributed by atoms with Crippen LogP contribution >= 0.6 is 23.1 Å². The van der Waals surface area contributed by atoms with Crippen LogP contribution in [0.1, 0.15) is 5.01 Å². The molecule has 1 aromatic heterocycles. The van der Waals surface area contributed by atoms with Gasteiger partial charge in [0.05, 0.1) is 17.1 Å². The lowest BCUT2D eigenvalue weighted by atomic mass is 10.4. The molecule has 6 nitrogen and oxygen atoms in total. The van der Waals surface area contributed by atoms with E-state index in [9.17, 15) is 13.2 Å². The normalized spacial score (nSPS) is 21.8. The van der Waals surface area contributed by atoms with E-state index < -0.39 is 22.0 Å². The summed E-state index contributed by atoms with van der Waals surface area (Å²) in [5.74, 6) is -0.650. The van der Waals surface area contributed by atoms with Crippen molar-refractivity contribution in [3.8, 4) is 0 Å². The van der Waals surface area contributed by atoms with Gasteiger partial charge in [-0.15, -0.1) is 23.1 Å². The minimum Gasteiger partial charge on any atom is -0.480 e. The molecule has 1 aliphatic heterocycles. The average Bonchev–Trinajstić information content (AvgIpc) is 2.84. The second kappa shape index (κ2) is 4.56. The lowest BCUT2D eigenvalue weighted by molar-refractivity contribution is -0.140. The summed E-state index contributed by atoms with van der Waals surface area (Å²) in [5, 5.41) is 9.61. The molecule has 1 aromatic rings. The fourth-order valence-electron chi connectivity index (χ4n) is 1.44. The van der Waals surface area contributed by atoms with Crippen molar-refractivity contribution in [2.45, 2.75) is 17.2 Å². The van der Waals surface area contributed by atoms with Crippen molar-refractivity contribution in [3.63, 3.8) is 0 Å². The van der Waals surface area contributed by atoms with E-state index in [1.807, 2.05) is 0 Å². The number of carboxylic acids is 1. The topological polar surface area (TPSA) is 87.6 Å². The standard InChI is InChI=1S/C8H10N2O4S3/c1-5-9-2-7(16-5)17(13,14)10-4-15-3-6(10)8(11)12/h2,6H,3-4H2,1H3,(H,11,12)/t6-/m0/s1. The molecule has 1 saturated heterocycles. The van der Waals surface area contributed by atoms with E-state index in [1.165, 1.54) is 18.0 Å². The first-order valence-electron chi connectivity index (χ1n) is 4.68. The van der Waals surface area contributed by atoms with Crippen LogP contribution in [0.4, 0.5) is 0 Å². The Morgan fingerprint density at radius 1 is 1.65 bits per heavy atom. The van der Waals surface area contributed by atoms with Gasteiger partial charge in [0.25, 0.3) is 10.0 Å². The number of hydrogen-bond donors (Lipinski definition) is 1. The SMILES string of the molecule is Cc1ncc(S(=O)(=O)N2CSC[C@H]2C(=O)O)s1. The Hall–Kier alpha value is -0.640. The van der Waals surface area contributed by atoms with Crippen LogP contribution in [0.25, 0.3) is 0 Å². The predicted octanol–water partition coefficient (Wildman–Crippen LogP) is 0.600. The molecule has 9 heteroatoms. The number of nitrogens with zero attached hydrogens (tertiary/aromatic N) is 2. The minimum atomic E-state index is -3.72. The third-order valence-electron chi connectivity index (χ3n) is 2.29. The number of thiazole rings is 1. The Labute approximate surface area is 107 Å². The molecule has 1 N–H and O–H groups in total. The summed E-state index contributed by atoms with van der Waals surface area (Å²) in [6.45, 7) is 1.71. The highest BCUT2D eigenvalue weighted by atomic mass is 32.2. The van der Waals surface area contributed by atoms with Gasteiger partial charge in [-0.2, -0.15) is 4.31 Å². The largest absolute Gasteiger partial charge is 0.480 e. The fraction of sp³-hybridized carbons (Fsp3) is 0.500. The summed E-state index contributed by atoms with van der Waals surface area (Å²) in [7, 11) is -3.72. The molecule has 2 heterocycles. The summed E-state index contributed by atoms with van der Waals surface area (Å²) in [5.41, 5.74) is 0. The lowest BCUT2D eigenvalue weighted by Gasteiger charge is -2.18. The van der Waals surface area contributed by atoms with Crippen LogP contribution in [0.5, 0.6) is 0 Å². The van der Waals surface area contributed by atoms with E-state index in [-0.39, 0.29) is 15.8 Å². The van der Waals surface area contributed by atoms with Crippen LogP contribution in [0, 0.1) is 6.92 Å². The maximum Gasteiger partial charge on any atom is 0.322 e. The summed E-state index contributed by atoms with van der Waals surface area (Å²) in [6, 6.07) is -0.979. The molecule has 0 amide bonds. The van der Waals surface area contributed by atoms with Crippen molar-refractivity contribution in [1.29, 1.82) is 0 Å². The number of rotatable bonds is 3. The number of carboxylic acid groups (broad SMARTS) is 1. The molecule has 0 radical (unpaired) electrons. The van der Waals surface area contributed by atoms with Crippen LogP contribution in [0.2, 0.25) is 0 Å². The molecular weight excluding hydrogens is 284 g/mol. The zero-order valence-electron chi connectivity index (χ0n) is 8.86. The van der Waals surface area contributed by atoms with E-state index >= 15 is 0 Å². The lowest BCUT2D eigenvalue weighted by Crippen LogP contribution is -2.41. The molecule has 2 rings (SSSR count). The Morgan fingerprint density at radius 2 is 2.35 bits per heavy atom. The summed E-state index contributed by atoms with van der Waals surface area (Å²) >= 11 is 2.35. The summed E-state index contributed by atoms with van der Waals surface area (Å²) in [6.07, 6.45) is 1.28. The van der Waals surface area contributed by atoms with E-state index in [1.54, 1.807) is 6.92 Å². The third-order valence-corrected chi connectivity index (χ3v) is 6.67. The Kier molecular flexibility index (Phi) is 3.43. The number of sulfonamides is 1. The Balaban J connectivity index is 2.36. The summed E-state index contributed by atoms with van der Waals surface area (Å²) in [4.78, 5) is 14.8. The molecule has 0 aliphatic carbocycles. The highest BCUT2D eigenvalue weighted by Crippen LogP contribution is 2.30. The Bertz CT molecular complexity index is 539. The first-order valence-corrected chi connectivity index (χ1v) is 8.09. The molecule has 17 heavy (non-hydrogen) atoms. The molecule has 1 aliphatic rings. The number of aryl methyl sites for hydroxylation is 1. The Morgan fingerprint density at radius 3 is 2.88 bits per heavy atom. The van der Waals surface area contributed by atoms with Gasteiger partial charge in [-0.1, -0.05) is 0 Å². The van der Waals surface area contributed by atoms with Gasteiger partial charge in [-0.25, -0.2) is 13.4 Å². The predicted molar refractivity (Wildman–Crippen MR) is 64.6 cm³/mol. The molecule has 0 unspecified atom stereocenters. The molecule has 0 bridgehead atoms. The van der Waals surface area contributed by atoms with Gasteiger partial charge >= 0.3 is 5.97 Å². The zero-order chi connectivity index (χ0) is 12.6. The van der Waals surface area contributed by atoms with Gasteiger partial charge in [0, 0.05) is 5.75 Å². The molecule has 1 atom stereocenters. The second-order valence-electron chi connectivity index (χ2n) is 3.44. The van der Waals surface area contributed by atoms with Gasteiger partial charge < -0.3 is 5.11 Å². The van der Waals surface area contributed by atoms with Gasteiger partial charge in [-0.3, -0.25) is 4.79 Å². The van der Waals surface area contributed by atoms with Gasteiger partial charge in [-0.05, 0) is 6.92 Å². The average molecular weight is 294 g/mol. The first kappa shape index (κ1) is 12.8. The molecule has 0 saturated carbocycles. The number of thioether (sulfide) groups is 1. The van der Waals surface area contributed by atoms with Crippen molar-refractivity contribution in [2.24, 2.45) is 0 Å². The van der Waals surface area contributed by atoms with E-state index in [4.69, 9.17) is 5.11 Å². The molecule has 0 spiro atoms. The van der Waals surface area contributed by atoms with Gasteiger partial charge in [0.15, 0.2) is 4.21 Å². The highest BCUT2D eigenvalue weighted by Gasteiger charge is 2.40. The van der Waals surface area contributed by atoms with Crippen LogP contribution in [0.3, 0.4) is 0 Å². The third kappa shape index (κ3) is 2.32. The maximum absolute atomic E-state index is 12.2. The van der Waals surface area contributed by atoms with E-state index in [2.05, 4.69) is 4.98 Å². The van der Waals surface area contributed by atoms with Crippen molar-refractivity contribution in [3.05, 3.63) is 11.2 Å². The van der Waals surface area contributed by atoms with Gasteiger partial charge in [0.2, 0.25) is 0 Å². The van der Waals surface area contributed by atoms with Crippen LogP contribution in [-0.4, -0.2) is 46.5 Å². The minimum absolute atomic E-state index is 0.101. The first-order chi connectivity index (χ1) is 7.93. The van der Waals surface area contributed by atoms with Crippen LogP contribution in [0.15, 0.2) is 10.4 Å². The quantitative estimate of drug-likeness (QED) is 0.878. The number of carbonyl (C=O) groups is 1. The summed E-state index contributed by atoms with van der Waals surface area (Å²) < 4.78 is 25.5. The smallest absolute Gasteiger partial charge is 0.322 e. The van der Waals surface area contributed by atoms with Gasteiger partial charge in [0.1, 0.15) is 6.04 Å². The number of hydrogen-bond acceptors (Lipinski definition) is 6. The van der Waals surface area contributed by atoms with Crippen LogP contribution in [-0.2, 0) is 14.8 Å². The second-order valence-corrected chi connectivity index (χ2v) is 7.80. The van der Waals surface area contributed by atoms with Crippen molar-refractivity contribution < 1.29 is 18.3 Å². The molecular formula is C8H10N2O4S3.